The molecule has 0 heterocycles. The molecule has 0 unspecified atom stereocenters. The summed E-state index contributed by atoms with van der Waals surface area (Å²) in [4.78, 5) is 8.61. The SMILES string of the molecule is N/C=C\[N+](=O)[O-].[W]. The summed E-state index contributed by atoms with van der Waals surface area (Å²) in [6, 6.07) is 0. The van der Waals surface area contributed by atoms with Gasteiger partial charge in [0.25, 0.3) is 0 Å². The van der Waals surface area contributed by atoms with Crippen LogP contribution in [0.25, 0.3) is 0 Å². The van der Waals surface area contributed by atoms with Crippen molar-refractivity contribution in [3.05, 3.63) is 22.5 Å². The van der Waals surface area contributed by atoms with Crippen LogP contribution in [0.1, 0.15) is 0 Å². The standard InChI is InChI=1S/C2H4N2O2.W/c3-1-2-4(5)6;/h1-2H,3H2;/b2-1-;. The van der Waals surface area contributed by atoms with E-state index in [1.54, 1.807) is 0 Å². The molecular formula is C2H4N2O2W. The number of nitrogens with two attached hydrogens (primary N) is 1. The molecule has 0 bridgehead atoms. The van der Waals surface area contributed by atoms with Crippen LogP contribution in [-0.4, -0.2) is 4.92 Å². The van der Waals surface area contributed by atoms with Gasteiger partial charge in [0, 0.05) is 21.1 Å². The molecule has 2 N–H and O–H groups in total. The van der Waals surface area contributed by atoms with E-state index in [4.69, 9.17) is 0 Å². The van der Waals surface area contributed by atoms with Crippen LogP contribution in [0, 0.1) is 10.1 Å². The van der Waals surface area contributed by atoms with Gasteiger partial charge in [-0.1, -0.05) is 0 Å². The first kappa shape index (κ1) is 9.80. The number of hydrogen-bond acceptors (Lipinski definition) is 3. The van der Waals surface area contributed by atoms with E-state index < -0.39 is 4.92 Å². The van der Waals surface area contributed by atoms with Crippen LogP contribution >= 0.6 is 0 Å². The van der Waals surface area contributed by atoms with E-state index in [9.17, 15) is 10.1 Å². The van der Waals surface area contributed by atoms with Gasteiger partial charge in [0.1, 0.15) is 0 Å². The van der Waals surface area contributed by atoms with Crippen LogP contribution in [-0.2, 0) is 21.1 Å². The van der Waals surface area contributed by atoms with Crippen molar-refractivity contribution < 1.29 is 26.0 Å². The fourth-order valence-electron chi connectivity index (χ4n) is 0.0703. The Hall–Kier alpha value is -0.372. The number of nitrogens with zero attached hydrogens (tertiary/aromatic N) is 1. The summed E-state index contributed by atoms with van der Waals surface area (Å²) in [5.41, 5.74) is 4.61. The summed E-state index contributed by atoms with van der Waals surface area (Å²) in [6.45, 7) is 0. The van der Waals surface area contributed by atoms with Crippen molar-refractivity contribution in [3.63, 3.8) is 0 Å². The number of rotatable bonds is 1. The van der Waals surface area contributed by atoms with Gasteiger partial charge in [-0.05, 0) is 0 Å². The van der Waals surface area contributed by atoms with Gasteiger partial charge in [0.15, 0.2) is 0 Å². The molecule has 0 aliphatic rings. The molecule has 0 saturated carbocycles. The molecule has 0 aliphatic carbocycles. The summed E-state index contributed by atoms with van der Waals surface area (Å²) in [7, 11) is 0. The topological polar surface area (TPSA) is 69.2 Å². The van der Waals surface area contributed by atoms with Crippen molar-refractivity contribution in [2.75, 3.05) is 0 Å². The van der Waals surface area contributed by atoms with Crippen LogP contribution in [0.5, 0.6) is 0 Å². The molecule has 5 heteroatoms. The zero-order chi connectivity index (χ0) is 4.99. The van der Waals surface area contributed by atoms with E-state index in [1.165, 1.54) is 0 Å². The minimum atomic E-state index is -0.625. The minimum Gasteiger partial charge on any atom is -0.400 e. The quantitative estimate of drug-likeness (QED) is 0.526. The van der Waals surface area contributed by atoms with Crippen molar-refractivity contribution >= 4 is 0 Å². The third-order valence-electron chi connectivity index (χ3n) is 0.208. The molecular weight excluding hydrogens is 268 g/mol. The average Bonchev–Trinajstić information content (AvgIpc) is 1.35. The van der Waals surface area contributed by atoms with Gasteiger partial charge in [0.2, 0.25) is 6.20 Å². The molecule has 0 spiro atoms. The van der Waals surface area contributed by atoms with Crippen LogP contribution in [0.4, 0.5) is 0 Å². The Morgan fingerprint density at radius 3 is 2.14 bits per heavy atom. The molecule has 0 rings (SSSR count). The van der Waals surface area contributed by atoms with Crippen molar-refractivity contribution in [2.24, 2.45) is 5.73 Å². The van der Waals surface area contributed by atoms with Crippen molar-refractivity contribution in [1.29, 1.82) is 0 Å². The Morgan fingerprint density at radius 2 is 2.14 bits per heavy atom. The fourth-order valence-corrected chi connectivity index (χ4v) is 0.0703. The van der Waals surface area contributed by atoms with E-state index >= 15 is 0 Å². The maximum absolute atomic E-state index is 9.24. The maximum atomic E-state index is 9.24. The third kappa shape index (κ3) is 10.7. The Labute approximate surface area is 54.8 Å². The minimum absolute atomic E-state index is 0. The fraction of sp³-hybridized carbons (Fsp3) is 0. The molecule has 0 amide bonds. The Balaban J connectivity index is 0. The smallest absolute Gasteiger partial charge is 0.249 e. The largest absolute Gasteiger partial charge is 0.400 e. The van der Waals surface area contributed by atoms with Gasteiger partial charge >= 0.3 is 0 Å². The van der Waals surface area contributed by atoms with Gasteiger partial charge in [-0.2, -0.15) is 0 Å². The molecule has 0 radical (unpaired) electrons. The monoisotopic (exact) mass is 272 g/mol. The predicted octanol–water partition coefficient (Wildman–Crippen LogP) is -0.309. The summed E-state index contributed by atoms with van der Waals surface area (Å²) in [5.74, 6) is 0. The van der Waals surface area contributed by atoms with Gasteiger partial charge in [0.05, 0.1) is 11.1 Å². The van der Waals surface area contributed by atoms with Crippen molar-refractivity contribution in [3.8, 4) is 0 Å². The third-order valence-corrected chi connectivity index (χ3v) is 0.208. The zero-order valence-corrected chi connectivity index (χ0v) is 6.34. The Bertz CT molecular complexity index is 81.8. The van der Waals surface area contributed by atoms with Crippen molar-refractivity contribution in [1.82, 2.24) is 0 Å². The molecule has 7 heavy (non-hydrogen) atoms. The van der Waals surface area contributed by atoms with E-state index in [1.807, 2.05) is 0 Å². The molecule has 0 fully saturated rings. The first-order chi connectivity index (χ1) is 2.77. The first-order valence-corrected chi connectivity index (χ1v) is 1.29. The van der Waals surface area contributed by atoms with Gasteiger partial charge in [-0.3, -0.25) is 10.1 Å². The summed E-state index contributed by atoms with van der Waals surface area (Å²) in [6.07, 6.45) is 1.54. The van der Waals surface area contributed by atoms with Crippen LogP contribution in [0.2, 0.25) is 0 Å². The molecule has 0 aromatic rings. The summed E-state index contributed by atoms with van der Waals surface area (Å²) >= 11 is 0. The maximum Gasteiger partial charge on any atom is 0.249 e. The molecule has 0 aromatic heterocycles. The number of hydrogen-bond donors (Lipinski definition) is 1. The molecule has 0 aliphatic heterocycles. The summed E-state index contributed by atoms with van der Waals surface area (Å²) < 4.78 is 0. The van der Waals surface area contributed by atoms with Crippen LogP contribution < -0.4 is 5.73 Å². The Morgan fingerprint density at radius 1 is 1.71 bits per heavy atom. The normalized spacial score (nSPS) is 8.00. The molecule has 0 saturated heterocycles. The van der Waals surface area contributed by atoms with Crippen LogP contribution in [0.15, 0.2) is 12.4 Å². The molecule has 0 atom stereocenters. The van der Waals surface area contributed by atoms with Gasteiger partial charge in [-0.15, -0.1) is 0 Å². The van der Waals surface area contributed by atoms with E-state index in [2.05, 4.69) is 5.73 Å². The van der Waals surface area contributed by atoms with E-state index in [-0.39, 0.29) is 21.1 Å². The van der Waals surface area contributed by atoms with Gasteiger partial charge < -0.3 is 5.73 Å². The van der Waals surface area contributed by atoms with E-state index in [0.29, 0.717) is 6.20 Å². The predicted molar refractivity (Wildman–Crippen MR) is 20.3 cm³/mol. The average molecular weight is 272 g/mol. The molecule has 40 valence electrons. The zero-order valence-electron chi connectivity index (χ0n) is 3.40. The van der Waals surface area contributed by atoms with Gasteiger partial charge in [-0.25, -0.2) is 0 Å². The second-order valence-electron chi connectivity index (χ2n) is 0.627. The van der Waals surface area contributed by atoms with E-state index in [0.717, 1.165) is 6.20 Å². The Kier molecular flexibility index (Phi) is 7.88. The number of nitro groups is 1. The summed E-state index contributed by atoms with van der Waals surface area (Å²) in [5, 5.41) is 9.24. The van der Waals surface area contributed by atoms with Crippen molar-refractivity contribution in [2.45, 2.75) is 0 Å². The van der Waals surface area contributed by atoms with Crippen LogP contribution in [0.3, 0.4) is 0 Å². The second-order valence-corrected chi connectivity index (χ2v) is 0.627. The molecule has 4 nitrogen and oxygen atoms in total. The molecule has 0 aromatic carbocycles. The first-order valence-electron chi connectivity index (χ1n) is 1.29. The second kappa shape index (κ2) is 5.63.